The Bertz CT molecular complexity index is 557. The van der Waals surface area contributed by atoms with Crippen molar-refractivity contribution >= 4 is 11.9 Å². The number of carbonyl (C=O) groups excluding carboxylic acids is 2. The van der Waals surface area contributed by atoms with E-state index in [9.17, 15) is 18.4 Å². The molecule has 0 atom stereocenters. The summed E-state index contributed by atoms with van der Waals surface area (Å²) in [7, 11) is 0. The molecule has 0 bridgehead atoms. The van der Waals surface area contributed by atoms with Gasteiger partial charge in [0.25, 0.3) is 5.91 Å². The van der Waals surface area contributed by atoms with E-state index < -0.39 is 19.2 Å². The first kappa shape index (κ1) is 18.2. The summed E-state index contributed by atoms with van der Waals surface area (Å²) in [4.78, 5) is 23.7. The lowest BCUT2D eigenvalue weighted by Crippen LogP contribution is -2.37. The van der Waals surface area contributed by atoms with Gasteiger partial charge in [-0.2, -0.15) is 8.78 Å². The van der Waals surface area contributed by atoms with Gasteiger partial charge in [-0.1, -0.05) is 31.7 Å². The van der Waals surface area contributed by atoms with E-state index in [1.807, 2.05) is 0 Å². The van der Waals surface area contributed by atoms with Crippen LogP contribution in [0.15, 0.2) is 24.3 Å². The van der Waals surface area contributed by atoms with Gasteiger partial charge in [-0.15, -0.1) is 0 Å². The van der Waals surface area contributed by atoms with Gasteiger partial charge in [-0.25, -0.2) is 4.79 Å². The molecule has 0 unspecified atom stereocenters. The van der Waals surface area contributed by atoms with Crippen molar-refractivity contribution in [1.29, 1.82) is 0 Å². The van der Waals surface area contributed by atoms with E-state index in [-0.39, 0.29) is 23.3 Å². The Morgan fingerprint density at radius 2 is 1.88 bits per heavy atom. The van der Waals surface area contributed by atoms with Crippen molar-refractivity contribution < 1.29 is 27.8 Å². The highest BCUT2D eigenvalue weighted by Crippen LogP contribution is 2.18. The van der Waals surface area contributed by atoms with Gasteiger partial charge in [0.2, 0.25) is 0 Å². The quantitative estimate of drug-likeness (QED) is 0.637. The molecule has 0 radical (unpaired) electrons. The lowest BCUT2D eigenvalue weighted by molar-refractivity contribution is -0.125. The minimum atomic E-state index is -2.97. The third kappa shape index (κ3) is 6.14. The van der Waals surface area contributed by atoms with Crippen LogP contribution in [0.5, 0.6) is 5.75 Å². The number of esters is 1. The Kier molecular flexibility index (Phi) is 6.96. The van der Waals surface area contributed by atoms with E-state index in [2.05, 4.69) is 10.1 Å². The molecular formula is C17H21F2NO4. The molecule has 1 aromatic carbocycles. The van der Waals surface area contributed by atoms with Crippen LogP contribution in [0.25, 0.3) is 0 Å². The number of halogens is 2. The van der Waals surface area contributed by atoms with Crippen molar-refractivity contribution in [2.45, 2.75) is 51.2 Å². The number of rotatable bonds is 6. The molecule has 24 heavy (non-hydrogen) atoms. The number of ether oxygens (including phenoxy) is 2. The topological polar surface area (TPSA) is 64.6 Å². The molecule has 0 aliphatic heterocycles. The van der Waals surface area contributed by atoms with Crippen LogP contribution < -0.4 is 10.1 Å². The van der Waals surface area contributed by atoms with Gasteiger partial charge >= 0.3 is 12.6 Å². The highest BCUT2D eigenvalue weighted by Gasteiger charge is 2.17. The Morgan fingerprint density at radius 1 is 1.17 bits per heavy atom. The van der Waals surface area contributed by atoms with Crippen LogP contribution in [0.1, 0.15) is 48.9 Å². The van der Waals surface area contributed by atoms with Gasteiger partial charge in [-0.05, 0) is 31.0 Å². The van der Waals surface area contributed by atoms with Gasteiger partial charge in [0.15, 0.2) is 6.61 Å². The van der Waals surface area contributed by atoms with Gasteiger partial charge < -0.3 is 14.8 Å². The number of benzene rings is 1. The summed E-state index contributed by atoms with van der Waals surface area (Å²) >= 11 is 0. The maximum absolute atomic E-state index is 12.2. The third-order valence-electron chi connectivity index (χ3n) is 3.85. The van der Waals surface area contributed by atoms with E-state index in [0.29, 0.717) is 0 Å². The minimum absolute atomic E-state index is 0.0513. The van der Waals surface area contributed by atoms with Crippen molar-refractivity contribution in [3.63, 3.8) is 0 Å². The molecule has 1 aliphatic carbocycles. The number of amides is 1. The normalized spacial score (nSPS) is 15.6. The van der Waals surface area contributed by atoms with Crippen molar-refractivity contribution in [3.8, 4) is 5.75 Å². The van der Waals surface area contributed by atoms with Gasteiger partial charge in [0.1, 0.15) is 5.75 Å². The van der Waals surface area contributed by atoms with E-state index in [1.54, 1.807) is 0 Å². The second-order valence-corrected chi connectivity index (χ2v) is 5.74. The van der Waals surface area contributed by atoms with Crippen molar-refractivity contribution in [1.82, 2.24) is 5.32 Å². The highest BCUT2D eigenvalue weighted by atomic mass is 19.3. The smallest absolute Gasteiger partial charge is 0.387 e. The fourth-order valence-corrected chi connectivity index (χ4v) is 2.71. The summed E-state index contributed by atoms with van der Waals surface area (Å²) < 4.78 is 33.5. The average Bonchev–Trinajstić information content (AvgIpc) is 2.81. The second-order valence-electron chi connectivity index (χ2n) is 5.74. The lowest BCUT2D eigenvalue weighted by atomic mass is 10.1. The largest absolute Gasteiger partial charge is 0.452 e. The molecule has 1 amide bonds. The molecule has 7 heteroatoms. The minimum Gasteiger partial charge on any atom is -0.452 e. The highest BCUT2D eigenvalue weighted by molar-refractivity contribution is 5.91. The van der Waals surface area contributed by atoms with Gasteiger partial charge in [0.05, 0.1) is 5.56 Å². The Hall–Kier alpha value is -2.18. The molecular weight excluding hydrogens is 320 g/mol. The zero-order valence-electron chi connectivity index (χ0n) is 13.3. The molecule has 0 heterocycles. The van der Waals surface area contributed by atoms with E-state index in [1.165, 1.54) is 31.0 Å². The summed E-state index contributed by atoms with van der Waals surface area (Å²) in [5, 5.41) is 2.86. The maximum atomic E-state index is 12.2. The number of alkyl halides is 2. The SMILES string of the molecule is O=C(COC(=O)c1cccc(OC(F)F)c1)NC1CCCCCC1. The maximum Gasteiger partial charge on any atom is 0.387 e. The molecule has 0 saturated heterocycles. The van der Waals surface area contributed by atoms with Crippen LogP contribution in [-0.2, 0) is 9.53 Å². The molecule has 1 saturated carbocycles. The number of hydrogen-bond acceptors (Lipinski definition) is 4. The van der Waals surface area contributed by atoms with Crippen LogP contribution >= 0.6 is 0 Å². The fourth-order valence-electron chi connectivity index (χ4n) is 2.71. The summed E-state index contributed by atoms with van der Waals surface area (Å²) in [6.45, 7) is -3.36. The van der Waals surface area contributed by atoms with Crippen LogP contribution in [-0.4, -0.2) is 31.1 Å². The van der Waals surface area contributed by atoms with Crippen molar-refractivity contribution in [2.75, 3.05) is 6.61 Å². The number of hydrogen-bond donors (Lipinski definition) is 1. The zero-order chi connectivity index (χ0) is 17.4. The first-order chi connectivity index (χ1) is 11.5. The first-order valence-corrected chi connectivity index (χ1v) is 8.06. The Labute approximate surface area is 139 Å². The van der Waals surface area contributed by atoms with Gasteiger partial charge in [-0.3, -0.25) is 4.79 Å². The van der Waals surface area contributed by atoms with Crippen LogP contribution in [0, 0.1) is 0 Å². The third-order valence-corrected chi connectivity index (χ3v) is 3.85. The van der Waals surface area contributed by atoms with Crippen LogP contribution in [0.3, 0.4) is 0 Å². The molecule has 2 rings (SSSR count). The molecule has 0 spiro atoms. The Morgan fingerprint density at radius 3 is 2.54 bits per heavy atom. The fraction of sp³-hybridized carbons (Fsp3) is 0.529. The molecule has 1 N–H and O–H groups in total. The first-order valence-electron chi connectivity index (χ1n) is 8.06. The predicted octanol–water partition coefficient (Wildman–Crippen LogP) is 3.28. The lowest BCUT2D eigenvalue weighted by Gasteiger charge is -2.16. The van der Waals surface area contributed by atoms with E-state index in [4.69, 9.17) is 4.74 Å². The monoisotopic (exact) mass is 341 g/mol. The number of nitrogens with one attached hydrogen (secondary N) is 1. The summed E-state index contributed by atoms with van der Waals surface area (Å²) in [5.74, 6) is -1.25. The molecule has 0 aromatic heterocycles. The van der Waals surface area contributed by atoms with Crippen LogP contribution in [0.4, 0.5) is 8.78 Å². The second kappa shape index (κ2) is 9.20. The summed E-state index contributed by atoms with van der Waals surface area (Å²) in [6.07, 6.45) is 6.40. The zero-order valence-corrected chi connectivity index (χ0v) is 13.3. The molecule has 5 nitrogen and oxygen atoms in total. The van der Waals surface area contributed by atoms with E-state index in [0.717, 1.165) is 31.7 Å². The van der Waals surface area contributed by atoms with Crippen molar-refractivity contribution in [3.05, 3.63) is 29.8 Å². The number of carbonyl (C=O) groups is 2. The van der Waals surface area contributed by atoms with E-state index >= 15 is 0 Å². The Balaban J connectivity index is 1.80. The molecule has 132 valence electrons. The molecule has 1 fully saturated rings. The standard InChI is InChI=1S/C17H21F2NO4/c18-17(19)24-14-9-5-6-12(10-14)16(22)23-11-15(21)20-13-7-3-1-2-4-8-13/h5-6,9-10,13,17H,1-4,7-8,11H2,(H,20,21). The van der Waals surface area contributed by atoms with Crippen LogP contribution in [0.2, 0.25) is 0 Å². The molecule has 1 aromatic rings. The average molecular weight is 341 g/mol. The van der Waals surface area contributed by atoms with Gasteiger partial charge in [0, 0.05) is 6.04 Å². The summed E-state index contributed by atoms with van der Waals surface area (Å²) in [6, 6.07) is 5.39. The van der Waals surface area contributed by atoms with Crippen molar-refractivity contribution in [2.24, 2.45) is 0 Å². The summed E-state index contributed by atoms with van der Waals surface area (Å²) in [5.41, 5.74) is 0.0513. The molecule has 1 aliphatic rings. The predicted molar refractivity (Wildman–Crippen MR) is 83.0 cm³/mol.